The molecule has 3 aromatic rings. The Kier molecular flexibility index (Phi) is 7.46. The number of nitrogens with zero attached hydrogens (tertiary/aromatic N) is 2. The van der Waals surface area contributed by atoms with Crippen molar-refractivity contribution in [2.45, 2.75) is 53.2 Å². The fourth-order valence-corrected chi connectivity index (χ4v) is 3.37. The van der Waals surface area contributed by atoms with Crippen LogP contribution in [-0.2, 0) is 9.47 Å². The van der Waals surface area contributed by atoms with Gasteiger partial charge < -0.3 is 14.0 Å². The maximum atomic E-state index is 12.6. The highest BCUT2D eigenvalue weighted by Crippen LogP contribution is 2.32. The Morgan fingerprint density at radius 2 is 1.74 bits per heavy atom. The van der Waals surface area contributed by atoms with Crippen LogP contribution >= 0.6 is 11.6 Å². The molecule has 0 saturated carbocycles. The molecule has 0 unspecified atom stereocenters. The lowest BCUT2D eigenvalue weighted by Gasteiger charge is -2.20. The van der Waals surface area contributed by atoms with Crippen molar-refractivity contribution in [2.75, 3.05) is 10.6 Å². The molecular weight excluding hydrogens is 460 g/mol. The summed E-state index contributed by atoms with van der Waals surface area (Å²) in [4.78, 5) is 29.1. The summed E-state index contributed by atoms with van der Waals surface area (Å²) in [5, 5.41) is 9.79. The molecule has 2 aromatic heterocycles. The molecule has 9 nitrogen and oxygen atoms in total. The van der Waals surface area contributed by atoms with E-state index >= 15 is 0 Å². The van der Waals surface area contributed by atoms with Gasteiger partial charge in [-0.25, -0.2) is 14.6 Å². The molecule has 2 heterocycles. The molecule has 0 fully saturated rings. The molecule has 2 N–H and O–H groups in total. The van der Waals surface area contributed by atoms with E-state index in [1.165, 1.54) is 0 Å². The van der Waals surface area contributed by atoms with E-state index in [9.17, 15) is 9.59 Å². The molecule has 0 aliphatic rings. The van der Waals surface area contributed by atoms with Crippen LogP contribution in [-0.4, -0.2) is 27.9 Å². The number of anilines is 2. The van der Waals surface area contributed by atoms with Crippen molar-refractivity contribution in [3.63, 3.8) is 0 Å². The topological polar surface area (TPSA) is 116 Å². The highest BCUT2D eigenvalue weighted by atomic mass is 35.5. The molecule has 0 aliphatic carbocycles. The van der Waals surface area contributed by atoms with Gasteiger partial charge in [0.25, 0.3) is 0 Å². The largest absolute Gasteiger partial charge is 0.444 e. The average Bonchev–Trinajstić information content (AvgIpc) is 3.08. The van der Waals surface area contributed by atoms with E-state index in [2.05, 4.69) is 20.8 Å². The van der Waals surface area contributed by atoms with Gasteiger partial charge in [0.05, 0.1) is 11.4 Å². The number of carbonyl (C=O) groups is 2. The SMILES string of the molecule is Cc1nc(-c2onc(C)c2NC(=O)O[C@H](C)c2ccccc2Cl)ccc1NC(=O)OC(C)(C)C. The molecule has 3 rings (SSSR count). The summed E-state index contributed by atoms with van der Waals surface area (Å²) in [5.74, 6) is 0.256. The van der Waals surface area contributed by atoms with Crippen molar-refractivity contribution in [3.05, 3.63) is 58.4 Å². The Morgan fingerprint density at radius 3 is 2.38 bits per heavy atom. The summed E-state index contributed by atoms with van der Waals surface area (Å²) in [6.07, 6.45) is -1.85. The van der Waals surface area contributed by atoms with Crippen LogP contribution in [0.25, 0.3) is 11.5 Å². The van der Waals surface area contributed by atoms with Crippen LogP contribution in [0.3, 0.4) is 0 Å². The third kappa shape index (κ3) is 6.26. The third-order valence-electron chi connectivity index (χ3n) is 4.67. The van der Waals surface area contributed by atoms with Crippen molar-refractivity contribution in [3.8, 4) is 11.5 Å². The van der Waals surface area contributed by atoms with Gasteiger partial charge in [-0.3, -0.25) is 10.6 Å². The number of aromatic nitrogens is 2. The zero-order valence-corrected chi connectivity index (χ0v) is 20.6. The molecule has 0 bridgehead atoms. The van der Waals surface area contributed by atoms with E-state index in [1.807, 2.05) is 6.07 Å². The number of amides is 2. The van der Waals surface area contributed by atoms with Crippen LogP contribution < -0.4 is 10.6 Å². The number of aryl methyl sites for hydroxylation is 2. The van der Waals surface area contributed by atoms with Crippen LogP contribution in [0, 0.1) is 13.8 Å². The summed E-state index contributed by atoms with van der Waals surface area (Å²) in [5.41, 5.74) is 2.27. The van der Waals surface area contributed by atoms with Gasteiger partial charge in [0.1, 0.15) is 28.8 Å². The van der Waals surface area contributed by atoms with Crippen molar-refractivity contribution < 1.29 is 23.6 Å². The first-order chi connectivity index (χ1) is 15.9. The molecule has 1 aromatic carbocycles. The van der Waals surface area contributed by atoms with Crippen molar-refractivity contribution >= 4 is 35.2 Å². The smallest absolute Gasteiger partial charge is 0.412 e. The normalized spacial score (nSPS) is 12.1. The maximum Gasteiger partial charge on any atom is 0.412 e. The number of pyridine rings is 1. The van der Waals surface area contributed by atoms with Gasteiger partial charge in [-0.15, -0.1) is 0 Å². The van der Waals surface area contributed by atoms with E-state index in [4.69, 9.17) is 25.6 Å². The Labute approximate surface area is 202 Å². The summed E-state index contributed by atoms with van der Waals surface area (Å²) in [6, 6.07) is 10.4. The summed E-state index contributed by atoms with van der Waals surface area (Å²) < 4.78 is 16.2. The van der Waals surface area contributed by atoms with Crippen LogP contribution in [0.5, 0.6) is 0 Å². The second-order valence-corrected chi connectivity index (χ2v) is 9.03. The minimum Gasteiger partial charge on any atom is -0.444 e. The highest BCUT2D eigenvalue weighted by molar-refractivity contribution is 6.31. The molecule has 2 amide bonds. The van der Waals surface area contributed by atoms with Gasteiger partial charge >= 0.3 is 12.2 Å². The van der Waals surface area contributed by atoms with Crippen molar-refractivity contribution in [2.24, 2.45) is 0 Å². The molecule has 0 aliphatic heterocycles. The second kappa shape index (κ2) is 10.1. The lowest BCUT2D eigenvalue weighted by molar-refractivity contribution is 0.0635. The Morgan fingerprint density at radius 1 is 1.03 bits per heavy atom. The Bertz CT molecular complexity index is 1200. The first-order valence-electron chi connectivity index (χ1n) is 10.6. The average molecular weight is 487 g/mol. The molecule has 0 radical (unpaired) electrons. The molecular formula is C24H27ClN4O5. The number of hydrogen-bond donors (Lipinski definition) is 2. The van der Waals surface area contributed by atoms with Gasteiger partial charge in [-0.2, -0.15) is 0 Å². The predicted octanol–water partition coefficient (Wildman–Crippen LogP) is 6.66. The first-order valence-corrected chi connectivity index (χ1v) is 11.0. The lowest BCUT2D eigenvalue weighted by atomic mass is 10.1. The standard InChI is InChI=1S/C24H27ClN4O5/c1-13-18(27-23(31)33-24(4,5)6)11-12-19(26-13)21-20(14(2)29-34-21)28-22(30)32-15(3)16-9-7-8-10-17(16)25/h7-12,15H,1-6H3,(H,27,31)(H,28,30)/t15-/m1/s1. The summed E-state index contributed by atoms with van der Waals surface area (Å²) in [6.45, 7) is 10.5. The molecule has 1 atom stereocenters. The van der Waals surface area contributed by atoms with Crippen molar-refractivity contribution in [1.82, 2.24) is 10.1 Å². The Hall–Kier alpha value is -3.59. The zero-order chi connectivity index (χ0) is 25.0. The van der Waals surface area contributed by atoms with E-state index in [0.29, 0.717) is 39.0 Å². The number of halogens is 1. The maximum absolute atomic E-state index is 12.6. The van der Waals surface area contributed by atoms with E-state index < -0.39 is 23.9 Å². The number of nitrogens with one attached hydrogen (secondary N) is 2. The van der Waals surface area contributed by atoms with Gasteiger partial charge in [-0.1, -0.05) is 35.0 Å². The summed E-state index contributed by atoms with van der Waals surface area (Å²) >= 11 is 6.19. The minimum absolute atomic E-state index is 0.256. The fraction of sp³-hybridized carbons (Fsp3) is 0.333. The van der Waals surface area contributed by atoms with Crippen LogP contribution in [0.1, 0.15) is 50.8 Å². The van der Waals surface area contributed by atoms with E-state index in [1.54, 1.807) is 71.9 Å². The predicted molar refractivity (Wildman–Crippen MR) is 129 cm³/mol. The van der Waals surface area contributed by atoms with Gasteiger partial charge in [0, 0.05) is 10.6 Å². The van der Waals surface area contributed by atoms with E-state index in [0.717, 1.165) is 0 Å². The van der Waals surface area contributed by atoms with Crippen LogP contribution in [0.15, 0.2) is 40.9 Å². The first kappa shape index (κ1) is 25.0. The quantitative estimate of drug-likeness (QED) is 0.414. The number of ether oxygens (including phenoxy) is 2. The minimum atomic E-state index is -0.695. The molecule has 10 heteroatoms. The number of hydrogen-bond acceptors (Lipinski definition) is 7. The monoisotopic (exact) mass is 486 g/mol. The number of benzene rings is 1. The molecule has 180 valence electrons. The zero-order valence-electron chi connectivity index (χ0n) is 19.9. The third-order valence-corrected chi connectivity index (χ3v) is 5.02. The highest BCUT2D eigenvalue weighted by Gasteiger charge is 2.22. The van der Waals surface area contributed by atoms with Crippen molar-refractivity contribution in [1.29, 1.82) is 0 Å². The molecule has 34 heavy (non-hydrogen) atoms. The number of rotatable bonds is 5. The second-order valence-electron chi connectivity index (χ2n) is 8.62. The lowest BCUT2D eigenvalue weighted by Crippen LogP contribution is -2.27. The van der Waals surface area contributed by atoms with Gasteiger partial charge in [0.15, 0.2) is 0 Å². The van der Waals surface area contributed by atoms with Crippen LogP contribution in [0.4, 0.5) is 21.0 Å². The fourth-order valence-electron chi connectivity index (χ4n) is 3.09. The Balaban J connectivity index is 1.75. The van der Waals surface area contributed by atoms with Gasteiger partial charge in [0.2, 0.25) is 5.76 Å². The molecule has 0 spiro atoms. The summed E-state index contributed by atoms with van der Waals surface area (Å²) in [7, 11) is 0. The molecule has 0 saturated heterocycles. The van der Waals surface area contributed by atoms with Crippen LogP contribution in [0.2, 0.25) is 5.02 Å². The van der Waals surface area contributed by atoms with Gasteiger partial charge in [-0.05, 0) is 59.7 Å². The van der Waals surface area contributed by atoms with E-state index in [-0.39, 0.29) is 5.76 Å². The number of carbonyl (C=O) groups excluding carboxylic acids is 2.